The molecule has 1 aliphatic rings. The Balaban J connectivity index is 2.24. The third-order valence-electron chi connectivity index (χ3n) is 3.01. The highest BCUT2D eigenvalue weighted by atomic mass is 16.5. The molecule has 4 N–H and O–H groups in total. The fraction of sp³-hybridized carbons (Fsp3) is 0.538. The second kappa shape index (κ2) is 5.04. The van der Waals surface area contributed by atoms with E-state index in [0.717, 1.165) is 5.69 Å². The lowest BCUT2D eigenvalue weighted by Crippen LogP contribution is -2.22. The van der Waals surface area contributed by atoms with Crippen molar-refractivity contribution in [3.63, 3.8) is 0 Å². The van der Waals surface area contributed by atoms with E-state index in [1.807, 2.05) is 36.9 Å². The van der Waals surface area contributed by atoms with Gasteiger partial charge in [0.05, 0.1) is 29.7 Å². The zero-order valence-electron chi connectivity index (χ0n) is 10.7. The molecule has 0 spiro atoms. The van der Waals surface area contributed by atoms with Crippen LogP contribution in [0.15, 0.2) is 18.2 Å². The number of hydrogen-bond donors (Lipinski definition) is 3. The Morgan fingerprint density at radius 2 is 1.89 bits per heavy atom. The Bertz CT molecular complexity index is 413. The van der Waals surface area contributed by atoms with Gasteiger partial charge in [-0.1, -0.05) is 6.07 Å². The van der Waals surface area contributed by atoms with Gasteiger partial charge in [-0.3, -0.25) is 0 Å². The SMILES string of the molecule is CC(C)Oc1cccc(N2CC(O)C(O)C2)c1N. The van der Waals surface area contributed by atoms with E-state index in [1.54, 1.807) is 0 Å². The van der Waals surface area contributed by atoms with Gasteiger partial charge in [0.1, 0.15) is 5.75 Å². The van der Waals surface area contributed by atoms with Crippen molar-refractivity contribution in [2.24, 2.45) is 0 Å². The molecule has 5 nitrogen and oxygen atoms in total. The van der Waals surface area contributed by atoms with Crippen molar-refractivity contribution in [2.45, 2.75) is 32.2 Å². The van der Waals surface area contributed by atoms with E-state index in [2.05, 4.69) is 0 Å². The number of hydrogen-bond acceptors (Lipinski definition) is 5. The molecular formula is C13H20N2O3. The van der Waals surface area contributed by atoms with Gasteiger partial charge in [0.2, 0.25) is 0 Å². The normalized spacial score (nSPS) is 23.7. The van der Waals surface area contributed by atoms with Gasteiger partial charge in [-0.15, -0.1) is 0 Å². The number of anilines is 2. The van der Waals surface area contributed by atoms with Gasteiger partial charge in [-0.2, -0.15) is 0 Å². The lowest BCUT2D eigenvalue weighted by molar-refractivity contribution is 0.0572. The number of nitrogens with two attached hydrogens (primary N) is 1. The number of rotatable bonds is 3. The first-order valence-electron chi connectivity index (χ1n) is 6.15. The van der Waals surface area contributed by atoms with Crippen LogP contribution in [0.25, 0.3) is 0 Å². The minimum absolute atomic E-state index is 0.0531. The first kappa shape index (κ1) is 13.0. The molecule has 0 amide bonds. The highest BCUT2D eigenvalue weighted by Crippen LogP contribution is 2.34. The third-order valence-corrected chi connectivity index (χ3v) is 3.01. The molecule has 1 aliphatic heterocycles. The van der Waals surface area contributed by atoms with E-state index in [1.165, 1.54) is 0 Å². The van der Waals surface area contributed by atoms with Crippen LogP contribution >= 0.6 is 0 Å². The molecule has 0 aliphatic carbocycles. The van der Waals surface area contributed by atoms with Crippen LogP contribution in [0, 0.1) is 0 Å². The Morgan fingerprint density at radius 3 is 2.44 bits per heavy atom. The molecule has 2 unspecified atom stereocenters. The number of aliphatic hydroxyl groups excluding tert-OH is 2. The van der Waals surface area contributed by atoms with Crippen molar-refractivity contribution in [2.75, 3.05) is 23.7 Å². The second-order valence-electron chi connectivity index (χ2n) is 4.90. The predicted molar refractivity (Wildman–Crippen MR) is 70.8 cm³/mol. The summed E-state index contributed by atoms with van der Waals surface area (Å²) in [4.78, 5) is 1.87. The summed E-state index contributed by atoms with van der Waals surface area (Å²) in [6.45, 7) is 4.65. The van der Waals surface area contributed by atoms with E-state index in [9.17, 15) is 10.2 Å². The predicted octanol–water partition coefficient (Wildman–Crippen LogP) is 0.598. The van der Waals surface area contributed by atoms with E-state index in [4.69, 9.17) is 10.5 Å². The highest BCUT2D eigenvalue weighted by molar-refractivity contribution is 5.74. The fourth-order valence-electron chi connectivity index (χ4n) is 2.13. The largest absolute Gasteiger partial charge is 0.489 e. The van der Waals surface area contributed by atoms with Gasteiger partial charge in [-0.05, 0) is 26.0 Å². The Hall–Kier alpha value is -1.46. The molecule has 0 saturated carbocycles. The number of benzene rings is 1. The maximum absolute atomic E-state index is 9.57. The van der Waals surface area contributed by atoms with Crippen LogP contribution in [-0.4, -0.2) is 41.6 Å². The van der Waals surface area contributed by atoms with Crippen molar-refractivity contribution < 1.29 is 14.9 Å². The van der Waals surface area contributed by atoms with Crippen LogP contribution in [0.5, 0.6) is 5.75 Å². The zero-order valence-corrected chi connectivity index (χ0v) is 10.7. The van der Waals surface area contributed by atoms with Crippen molar-refractivity contribution in [1.82, 2.24) is 0 Å². The zero-order chi connectivity index (χ0) is 13.3. The molecule has 2 atom stereocenters. The molecule has 2 rings (SSSR count). The molecule has 5 heteroatoms. The van der Waals surface area contributed by atoms with E-state index in [0.29, 0.717) is 24.5 Å². The summed E-state index contributed by atoms with van der Waals surface area (Å²) in [6.07, 6.45) is -1.39. The highest BCUT2D eigenvalue weighted by Gasteiger charge is 2.30. The maximum Gasteiger partial charge on any atom is 0.144 e. The number of nitrogen functional groups attached to an aromatic ring is 1. The molecule has 0 radical (unpaired) electrons. The minimum Gasteiger partial charge on any atom is -0.489 e. The monoisotopic (exact) mass is 252 g/mol. The van der Waals surface area contributed by atoms with Crippen LogP contribution in [0.1, 0.15) is 13.8 Å². The fourth-order valence-corrected chi connectivity index (χ4v) is 2.13. The molecule has 1 fully saturated rings. The van der Waals surface area contributed by atoms with Crippen molar-refractivity contribution in [1.29, 1.82) is 0 Å². The van der Waals surface area contributed by atoms with Crippen molar-refractivity contribution in [3.8, 4) is 5.75 Å². The summed E-state index contributed by atoms with van der Waals surface area (Å²) in [5.74, 6) is 0.637. The summed E-state index contributed by atoms with van der Waals surface area (Å²) < 4.78 is 5.62. The topological polar surface area (TPSA) is 79.0 Å². The van der Waals surface area contributed by atoms with Crippen LogP contribution in [-0.2, 0) is 0 Å². The van der Waals surface area contributed by atoms with Crippen LogP contribution < -0.4 is 15.4 Å². The molecule has 1 aromatic carbocycles. The third kappa shape index (κ3) is 2.52. The minimum atomic E-state index is -0.723. The number of para-hydroxylation sites is 1. The Labute approximate surface area is 107 Å². The van der Waals surface area contributed by atoms with Crippen LogP contribution in [0.2, 0.25) is 0 Å². The Morgan fingerprint density at radius 1 is 1.28 bits per heavy atom. The lowest BCUT2D eigenvalue weighted by Gasteiger charge is -2.22. The number of β-amino-alcohol motifs (C(OH)–C–C–N with tert-alkyl or cyclic N) is 2. The average Bonchev–Trinajstić information content (AvgIpc) is 2.61. The summed E-state index contributed by atoms with van der Waals surface area (Å²) in [7, 11) is 0. The molecular weight excluding hydrogens is 232 g/mol. The van der Waals surface area contributed by atoms with Crippen LogP contribution in [0.4, 0.5) is 11.4 Å². The van der Waals surface area contributed by atoms with Crippen molar-refractivity contribution in [3.05, 3.63) is 18.2 Å². The summed E-state index contributed by atoms with van der Waals surface area (Å²) in [5, 5.41) is 19.1. The first-order valence-corrected chi connectivity index (χ1v) is 6.15. The maximum atomic E-state index is 9.57. The van der Waals surface area contributed by atoms with Crippen LogP contribution in [0.3, 0.4) is 0 Å². The van der Waals surface area contributed by atoms with Gasteiger partial charge in [-0.25, -0.2) is 0 Å². The molecule has 1 aromatic rings. The molecule has 0 bridgehead atoms. The standard InChI is InChI=1S/C13H20N2O3/c1-8(2)18-12-5-3-4-9(13(12)14)15-6-10(16)11(17)7-15/h3-5,8,10-11,16-17H,6-7,14H2,1-2H3. The van der Waals surface area contributed by atoms with E-state index in [-0.39, 0.29) is 6.10 Å². The van der Waals surface area contributed by atoms with Gasteiger partial charge in [0.25, 0.3) is 0 Å². The van der Waals surface area contributed by atoms with E-state index < -0.39 is 12.2 Å². The summed E-state index contributed by atoms with van der Waals surface area (Å²) >= 11 is 0. The molecule has 18 heavy (non-hydrogen) atoms. The number of ether oxygens (including phenoxy) is 1. The van der Waals surface area contributed by atoms with Gasteiger partial charge in [0.15, 0.2) is 0 Å². The van der Waals surface area contributed by atoms with Gasteiger partial charge < -0.3 is 25.6 Å². The number of aliphatic hydroxyl groups is 2. The van der Waals surface area contributed by atoms with Gasteiger partial charge in [0, 0.05) is 13.1 Å². The smallest absolute Gasteiger partial charge is 0.144 e. The van der Waals surface area contributed by atoms with Crippen molar-refractivity contribution >= 4 is 11.4 Å². The molecule has 1 saturated heterocycles. The summed E-state index contributed by atoms with van der Waals surface area (Å²) in [5.41, 5.74) is 7.42. The molecule has 100 valence electrons. The molecule has 0 aromatic heterocycles. The lowest BCUT2D eigenvalue weighted by atomic mass is 10.2. The molecule has 1 heterocycles. The van der Waals surface area contributed by atoms with Gasteiger partial charge >= 0.3 is 0 Å². The second-order valence-corrected chi connectivity index (χ2v) is 4.90. The Kier molecular flexibility index (Phi) is 3.63. The quantitative estimate of drug-likeness (QED) is 0.686. The summed E-state index contributed by atoms with van der Waals surface area (Å²) in [6, 6.07) is 5.55. The first-order chi connectivity index (χ1) is 8.49. The van der Waals surface area contributed by atoms with E-state index >= 15 is 0 Å². The average molecular weight is 252 g/mol. The number of nitrogens with zero attached hydrogens (tertiary/aromatic N) is 1.